The third-order valence-electron chi connectivity index (χ3n) is 2.79. The molecule has 0 aromatic heterocycles. The monoisotopic (exact) mass is 256 g/mol. The van der Waals surface area contributed by atoms with E-state index in [0.29, 0.717) is 19.3 Å². The van der Waals surface area contributed by atoms with Crippen molar-refractivity contribution in [3.8, 4) is 0 Å². The van der Waals surface area contributed by atoms with E-state index in [2.05, 4.69) is 0 Å². The third-order valence-corrected chi connectivity index (χ3v) is 2.79. The Morgan fingerprint density at radius 2 is 2.28 bits per heavy atom. The summed E-state index contributed by atoms with van der Waals surface area (Å²) in [5.74, 6) is -2.06. The number of hydrogen-bond donors (Lipinski definition) is 0. The van der Waals surface area contributed by atoms with Crippen LogP contribution in [0.4, 0.5) is 8.78 Å². The number of rotatable bonds is 5. The molecule has 0 radical (unpaired) electrons. The van der Waals surface area contributed by atoms with Gasteiger partial charge in [0.05, 0.1) is 18.3 Å². The summed E-state index contributed by atoms with van der Waals surface area (Å²) in [7, 11) is 0. The molecule has 0 aliphatic carbocycles. The molecule has 1 aliphatic heterocycles. The van der Waals surface area contributed by atoms with E-state index in [4.69, 9.17) is 9.47 Å². The largest absolute Gasteiger partial charge is 0.376 e. The van der Waals surface area contributed by atoms with Crippen molar-refractivity contribution in [2.45, 2.75) is 18.9 Å². The topological polar surface area (TPSA) is 35.5 Å². The van der Waals surface area contributed by atoms with Gasteiger partial charge in [0, 0.05) is 12.7 Å². The predicted octanol–water partition coefficient (Wildman–Crippen LogP) is 2.34. The lowest BCUT2D eigenvalue weighted by Gasteiger charge is -2.09. The second-order valence-corrected chi connectivity index (χ2v) is 4.20. The van der Waals surface area contributed by atoms with E-state index in [1.54, 1.807) is 0 Å². The van der Waals surface area contributed by atoms with Crippen LogP contribution >= 0.6 is 0 Å². The van der Waals surface area contributed by atoms with Gasteiger partial charge in [0.1, 0.15) is 18.2 Å². The number of ether oxygens (including phenoxy) is 2. The summed E-state index contributed by atoms with van der Waals surface area (Å²) in [5.41, 5.74) is -0.149. The van der Waals surface area contributed by atoms with Crippen molar-refractivity contribution in [3.05, 3.63) is 35.4 Å². The molecule has 1 saturated heterocycles. The Kier molecular flexibility index (Phi) is 4.38. The first kappa shape index (κ1) is 13.1. The zero-order valence-electron chi connectivity index (χ0n) is 9.83. The van der Waals surface area contributed by atoms with Crippen molar-refractivity contribution >= 4 is 5.78 Å². The minimum absolute atomic E-state index is 0.0239. The lowest BCUT2D eigenvalue weighted by Crippen LogP contribution is -2.18. The molecule has 1 aromatic rings. The number of halogens is 2. The Balaban J connectivity index is 1.83. The number of ketones is 1. The molecule has 0 spiro atoms. The van der Waals surface area contributed by atoms with Gasteiger partial charge in [-0.2, -0.15) is 0 Å². The van der Waals surface area contributed by atoms with Crippen LogP contribution in [0.1, 0.15) is 23.2 Å². The zero-order valence-corrected chi connectivity index (χ0v) is 9.83. The average molecular weight is 256 g/mol. The van der Waals surface area contributed by atoms with Crippen LogP contribution in [0.5, 0.6) is 0 Å². The fourth-order valence-corrected chi connectivity index (χ4v) is 1.85. The third kappa shape index (κ3) is 3.34. The maximum absolute atomic E-state index is 13.3. The van der Waals surface area contributed by atoms with Crippen LogP contribution in [0.15, 0.2) is 18.2 Å². The van der Waals surface area contributed by atoms with Crippen molar-refractivity contribution in [2.24, 2.45) is 0 Å². The van der Waals surface area contributed by atoms with Gasteiger partial charge in [0.2, 0.25) is 0 Å². The van der Waals surface area contributed by atoms with Gasteiger partial charge in [0.15, 0.2) is 5.78 Å². The maximum atomic E-state index is 13.3. The van der Waals surface area contributed by atoms with Gasteiger partial charge < -0.3 is 9.47 Å². The Morgan fingerprint density at radius 1 is 1.44 bits per heavy atom. The van der Waals surface area contributed by atoms with Crippen LogP contribution in [0.25, 0.3) is 0 Å². The second-order valence-electron chi connectivity index (χ2n) is 4.20. The first-order valence-corrected chi connectivity index (χ1v) is 5.84. The maximum Gasteiger partial charge on any atom is 0.191 e. The smallest absolute Gasteiger partial charge is 0.191 e. The summed E-state index contributed by atoms with van der Waals surface area (Å²) in [5, 5.41) is 0. The van der Waals surface area contributed by atoms with E-state index in [1.165, 1.54) is 0 Å². The highest BCUT2D eigenvalue weighted by molar-refractivity contribution is 5.97. The van der Waals surface area contributed by atoms with Crippen molar-refractivity contribution in [1.82, 2.24) is 0 Å². The second kappa shape index (κ2) is 6.02. The molecular formula is C13H14F2O3. The minimum atomic E-state index is -0.860. The van der Waals surface area contributed by atoms with E-state index >= 15 is 0 Å². The van der Waals surface area contributed by atoms with Crippen LogP contribution in [0, 0.1) is 11.6 Å². The van der Waals surface area contributed by atoms with Crippen LogP contribution in [-0.4, -0.2) is 31.7 Å². The van der Waals surface area contributed by atoms with Crippen LogP contribution in [-0.2, 0) is 9.47 Å². The lowest BCUT2D eigenvalue weighted by molar-refractivity contribution is 0.0189. The fraction of sp³-hybridized carbons (Fsp3) is 0.462. The summed E-state index contributed by atoms with van der Waals surface area (Å²) in [4.78, 5) is 11.6. The molecule has 0 saturated carbocycles. The van der Waals surface area contributed by atoms with E-state index in [9.17, 15) is 13.6 Å². The van der Waals surface area contributed by atoms with E-state index in [1.807, 2.05) is 0 Å². The van der Waals surface area contributed by atoms with Crippen molar-refractivity contribution in [1.29, 1.82) is 0 Å². The molecule has 0 bridgehead atoms. The van der Waals surface area contributed by atoms with E-state index in [-0.39, 0.29) is 18.3 Å². The molecule has 0 N–H and O–H groups in total. The van der Waals surface area contributed by atoms with Gasteiger partial charge in [-0.1, -0.05) is 0 Å². The lowest BCUT2D eigenvalue weighted by atomic mass is 10.1. The van der Waals surface area contributed by atoms with Gasteiger partial charge in [-0.3, -0.25) is 4.79 Å². The Bertz CT molecular complexity index is 428. The molecule has 0 amide bonds. The van der Waals surface area contributed by atoms with Gasteiger partial charge in [-0.15, -0.1) is 0 Å². The van der Waals surface area contributed by atoms with Gasteiger partial charge >= 0.3 is 0 Å². The number of Topliss-reactive ketones (excluding diaryl/α,β-unsaturated/α-hetero) is 1. The van der Waals surface area contributed by atoms with Crippen molar-refractivity contribution in [2.75, 3.05) is 19.8 Å². The number of carbonyl (C=O) groups is 1. The molecule has 1 aliphatic rings. The van der Waals surface area contributed by atoms with Gasteiger partial charge in [0.25, 0.3) is 0 Å². The molecule has 3 nitrogen and oxygen atoms in total. The average Bonchev–Trinajstić information content (AvgIpc) is 2.81. The van der Waals surface area contributed by atoms with Crippen LogP contribution in [0.3, 0.4) is 0 Å². The Labute approximate surface area is 104 Å². The summed E-state index contributed by atoms with van der Waals surface area (Å²) in [6.45, 7) is 0.825. The van der Waals surface area contributed by atoms with Crippen LogP contribution in [0.2, 0.25) is 0 Å². The Morgan fingerprint density at radius 3 is 2.94 bits per heavy atom. The van der Waals surface area contributed by atoms with Crippen LogP contribution < -0.4 is 0 Å². The molecule has 98 valence electrons. The summed E-state index contributed by atoms with van der Waals surface area (Å²) >= 11 is 0. The molecule has 1 fully saturated rings. The fourth-order valence-electron chi connectivity index (χ4n) is 1.85. The highest BCUT2D eigenvalue weighted by Crippen LogP contribution is 2.13. The normalized spacial score (nSPS) is 19.1. The highest BCUT2D eigenvalue weighted by atomic mass is 19.1. The SMILES string of the molecule is O=C(COCC1CCCO1)c1ccc(F)cc1F. The first-order chi connectivity index (χ1) is 8.66. The zero-order chi connectivity index (χ0) is 13.0. The molecule has 1 heterocycles. The minimum Gasteiger partial charge on any atom is -0.376 e. The van der Waals surface area contributed by atoms with E-state index < -0.39 is 17.4 Å². The summed E-state index contributed by atoms with van der Waals surface area (Å²) < 4.78 is 36.5. The molecule has 5 heteroatoms. The standard InChI is InChI=1S/C13H14F2O3/c14-9-3-4-11(12(15)6-9)13(16)8-17-7-10-2-1-5-18-10/h3-4,6,10H,1-2,5,7-8H2. The number of benzene rings is 1. The predicted molar refractivity (Wildman–Crippen MR) is 60.5 cm³/mol. The van der Waals surface area contributed by atoms with E-state index in [0.717, 1.165) is 25.0 Å². The highest BCUT2D eigenvalue weighted by Gasteiger charge is 2.17. The van der Waals surface area contributed by atoms with Crippen molar-refractivity contribution < 1.29 is 23.0 Å². The molecule has 1 unspecified atom stereocenters. The Hall–Kier alpha value is -1.33. The molecule has 2 rings (SSSR count). The van der Waals surface area contributed by atoms with Gasteiger partial charge in [-0.25, -0.2) is 8.78 Å². The quantitative estimate of drug-likeness (QED) is 0.758. The van der Waals surface area contributed by atoms with Crippen molar-refractivity contribution in [3.63, 3.8) is 0 Å². The molecule has 1 atom stereocenters. The molecule has 1 aromatic carbocycles. The van der Waals surface area contributed by atoms with Gasteiger partial charge in [-0.05, 0) is 25.0 Å². The summed E-state index contributed by atoms with van der Waals surface area (Å²) in [6.07, 6.45) is 1.93. The first-order valence-electron chi connectivity index (χ1n) is 5.84. The number of carbonyl (C=O) groups excluding carboxylic acids is 1. The number of hydrogen-bond acceptors (Lipinski definition) is 3. The molecular weight excluding hydrogens is 242 g/mol. The molecule has 18 heavy (non-hydrogen) atoms. The summed E-state index contributed by atoms with van der Waals surface area (Å²) in [6, 6.07) is 2.87.